The van der Waals surface area contributed by atoms with Crippen molar-refractivity contribution < 1.29 is 0 Å². The summed E-state index contributed by atoms with van der Waals surface area (Å²) < 4.78 is 0. The lowest BCUT2D eigenvalue weighted by molar-refractivity contribution is 0.364. The van der Waals surface area contributed by atoms with Crippen molar-refractivity contribution in [3.05, 3.63) is 155 Å². The molecular weight excluding hydrogens is 742 g/mol. The van der Waals surface area contributed by atoms with Gasteiger partial charge >= 0.3 is 0 Å². The van der Waals surface area contributed by atoms with Crippen molar-refractivity contribution >= 4 is 89.7 Å². The van der Waals surface area contributed by atoms with E-state index in [0.717, 1.165) is 0 Å². The van der Waals surface area contributed by atoms with Gasteiger partial charge in [-0.3, -0.25) is 0 Å². The molecule has 0 saturated heterocycles. The van der Waals surface area contributed by atoms with Gasteiger partial charge in [0.05, 0.1) is 0 Å². The van der Waals surface area contributed by atoms with E-state index in [1.54, 1.807) is 0 Å². The molecule has 0 amide bonds. The summed E-state index contributed by atoms with van der Waals surface area (Å²) in [7, 11) is 0. The second-order valence-corrected chi connectivity index (χ2v) is 23.2. The maximum absolute atomic E-state index is 2.61. The van der Waals surface area contributed by atoms with E-state index in [-0.39, 0.29) is 35.1 Å². The lowest BCUT2D eigenvalue weighted by Gasteiger charge is -2.42. The van der Waals surface area contributed by atoms with Gasteiger partial charge in [0.1, 0.15) is 0 Å². The van der Waals surface area contributed by atoms with Gasteiger partial charge < -0.3 is 0 Å². The molecule has 0 fully saturated rings. The fourth-order valence-electron chi connectivity index (χ4n) is 14.1. The Balaban J connectivity index is 1.21. The van der Waals surface area contributed by atoms with Crippen molar-refractivity contribution in [3.8, 4) is 22.3 Å². The smallest absolute Gasteiger partial charge is 0.0664 e. The van der Waals surface area contributed by atoms with Crippen molar-refractivity contribution in [1.82, 2.24) is 0 Å². The van der Waals surface area contributed by atoms with Crippen LogP contribution in [0.1, 0.15) is 105 Å². The van der Waals surface area contributed by atoms with Crippen LogP contribution in [0.2, 0.25) is 0 Å². The Hall–Kier alpha value is -5.59. The number of hydrogen-bond donors (Lipinski definition) is 0. The molecule has 8 aromatic carbocycles. The van der Waals surface area contributed by atoms with Crippen LogP contribution in [0.3, 0.4) is 0 Å². The van der Waals surface area contributed by atoms with Crippen LogP contribution in [0.4, 0.5) is 0 Å². The zero-order valence-electron chi connectivity index (χ0n) is 38.7. The molecule has 0 unspecified atom stereocenters. The fourth-order valence-corrected chi connectivity index (χ4v) is 14.1. The summed E-state index contributed by atoms with van der Waals surface area (Å²) in [6, 6.07) is 48.2. The van der Waals surface area contributed by atoms with Crippen LogP contribution in [-0.4, -0.2) is 13.4 Å². The summed E-state index contributed by atoms with van der Waals surface area (Å²) in [6.07, 6.45) is 0. The average molecular weight is 799 g/mol. The molecule has 0 radical (unpaired) electrons. The topological polar surface area (TPSA) is 0 Å². The predicted octanol–water partition coefficient (Wildman–Crippen LogP) is 12.0. The zero-order chi connectivity index (χ0) is 43.2. The Morgan fingerprint density at radius 3 is 1.02 bits per heavy atom. The maximum atomic E-state index is 2.61. The molecule has 4 heterocycles. The van der Waals surface area contributed by atoms with Gasteiger partial charge in [0.2, 0.25) is 13.4 Å². The average Bonchev–Trinajstić information content (AvgIpc) is 3.20. The highest BCUT2D eigenvalue weighted by Gasteiger charge is 2.46. The van der Waals surface area contributed by atoms with E-state index in [1.807, 2.05) is 0 Å². The Labute approximate surface area is 369 Å². The molecule has 0 nitrogen and oxygen atoms in total. The van der Waals surface area contributed by atoms with Crippen LogP contribution in [0.25, 0.3) is 65.7 Å². The molecule has 302 valence electrons. The highest BCUT2D eigenvalue weighted by atomic mass is 14.4. The number of rotatable bonds is 0. The second-order valence-electron chi connectivity index (χ2n) is 23.2. The van der Waals surface area contributed by atoms with Gasteiger partial charge in [0.25, 0.3) is 0 Å². The highest BCUT2D eigenvalue weighted by molar-refractivity contribution is 7.01. The Kier molecular flexibility index (Phi) is 7.44. The molecule has 62 heavy (non-hydrogen) atoms. The van der Waals surface area contributed by atoms with Crippen molar-refractivity contribution in [2.24, 2.45) is 21.7 Å². The van der Waals surface area contributed by atoms with E-state index < -0.39 is 0 Å². The SMILES string of the molecule is CC(C)(C)C(=C1c2ccccc2B2c3c1cccc3-c1ccc3cc4c5c(ccc6cc2c1c3c65)-c1cccc2c1B4c1ccccc1C2=C(C(C)(C)C)C(C)(C)C)C(C)(C)C. The van der Waals surface area contributed by atoms with Crippen molar-refractivity contribution in [1.29, 1.82) is 0 Å². The van der Waals surface area contributed by atoms with Crippen LogP contribution < -0.4 is 32.8 Å². The molecule has 8 aromatic rings. The molecule has 0 N–H and O–H groups in total. The first-order valence-corrected chi connectivity index (χ1v) is 23.1. The van der Waals surface area contributed by atoms with Crippen LogP contribution in [0.15, 0.2) is 132 Å². The number of allylic oxidation sites excluding steroid dienone is 2. The summed E-state index contributed by atoms with van der Waals surface area (Å²) in [6.45, 7) is 29.2. The van der Waals surface area contributed by atoms with Crippen LogP contribution >= 0.6 is 0 Å². The minimum atomic E-state index is -0.00829. The van der Waals surface area contributed by atoms with Gasteiger partial charge in [-0.15, -0.1) is 0 Å². The standard InChI is InChI=1S/C60H56B2/c1-57(2,3)55(58(4,5)6)49-39-19-13-15-25-43(39)61-45-31-33-28-30-36-38-22-18-24-42-50(56(59(7,8)9)60(10,11)12)40-20-14-16-26-44(40)62(54(38)42)46-32-34-27-29-35(37-21-17-23-41(49)53(37)61)51(45)47(34)48(33)52(36)46/h13-32H,1-12H3. The van der Waals surface area contributed by atoms with Crippen LogP contribution in [0, 0.1) is 21.7 Å². The predicted molar refractivity (Wildman–Crippen MR) is 273 cm³/mol. The summed E-state index contributed by atoms with van der Waals surface area (Å²) in [5, 5.41) is 8.46. The molecule has 4 aliphatic rings. The molecule has 0 atom stereocenters. The summed E-state index contributed by atoms with van der Waals surface area (Å²) in [5.41, 5.74) is 25.8. The Morgan fingerprint density at radius 1 is 0.306 bits per heavy atom. The van der Waals surface area contributed by atoms with E-state index in [0.29, 0.717) is 0 Å². The fraction of sp³-hybridized carbons (Fsp3) is 0.267. The third-order valence-electron chi connectivity index (χ3n) is 15.0. The first-order chi connectivity index (χ1) is 29.4. The Bertz CT molecular complexity index is 3120. The van der Waals surface area contributed by atoms with Crippen LogP contribution in [-0.2, 0) is 0 Å². The molecule has 12 rings (SSSR count). The lowest BCUT2D eigenvalue weighted by atomic mass is 9.29. The lowest BCUT2D eigenvalue weighted by Crippen LogP contribution is -2.60. The van der Waals surface area contributed by atoms with Crippen molar-refractivity contribution in [3.63, 3.8) is 0 Å². The number of fused-ring (bicyclic) bond motifs is 8. The van der Waals surface area contributed by atoms with Gasteiger partial charge in [-0.1, -0.05) is 248 Å². The third kappa shape index (κ3) is 4.88. The van der Waals surface area contributed by atoms with Gasteiger partial charge in [0.15, 0.2) is 0 Å². The first kappa shape index (κ1) is 38.1. The quantitative estimate of drug-likeness (QED) is 0.106. The molecule has 4 aliphatic heterocycles. The van der Waals surface area contributed by atoms with E-state index in [2.05, 4.69) is 204 Å². The van der Waals surface area contributed by atoms with E-state index in [9.17, 15) is 0 Å². The normalized spacial score (nSPS) is 15.0. The van der Waals surface area contributed by atoms with E-state index >= 15 is 0 Å². The second kappa shape index (κ2) is 12.1. The molecule has 0 aliphatic carbocycles. The van der Waals surface area contributed by atoms with Gasteiger partial charge in [-0.05, 0) is 110 Å². The molecule has 0 aromatic heterocycles. The monoisotopic (exact) mass is 798 g/mol. The Morgan fingerprint density at radius 2 is 0.645 bits per heavy atom. The molecular formula is C60H56B2. The zero-order valence-corrected chi connectivity index (χ0v) is 38.7. The summed E-state index contributed by atoms with van der Waals surface area (Å²) in [4.78, 5) is 0. The third-order valence-corrected chi connectivity index (χ3v) is 15.0. The van der Waals surface area contributed by atoms with E-state index in [4.69, 9.17) is 0 Å². The highest BCUT2D eigenvalue weighted by Crippen LogP contribution is 2.51. The van der Waals surface area contributed by atoms with Gasteiger partial charge in [-0.2, -0.15) is 0 Å². The van der Waals surface area contributed by atoms with Crippen LogP contribution in [0.5, 0.6) is 0 Å². The molecule has 0 bridgehead atoms. The summed E-state index contributed by atoms with van der Waals surface area (Å²) in [5.74, 6) is 0. The number of hydrogen-bond acceptors (Lipinski definition) is 0. The molecule has 2 heteroatoms. The first-order valence-electron chi connectivity index (χ1n) is 23.1. The van der Waals surface area contributed by atoms with Gasteiger partial charge in [0, 0.05) is 0 Å². The minimum absolute atomic E-state index is 0.00829. The maximum Gasteiger partial charge on any atom is 0.244 e. The molecule has 0 spiro atoms. The minimum Gasteiger partial charge on any atom is -0.0664 e. The largest absolute Gasteiger partial charge is 0.244 e. The van der Waals surface area contributed by atoms with E-state index in [1.165, 1.54) is 132 Å². The number of benzene rings is 8. The van der Waals surface area contributed by atoms with Gasteiger partial charge in [-0.25, -0.2) is 0 Å². The summed E-state index contributed by atoms with van der Waals surface area (Å²) >= 11 is 0. The van der Waals surface area contributed by atoms with Crippen molar-refractivity contribution in [2.75, 3.05) is 0 Å². The molecule has 0 saturated carbocycles. The van der Waals surface area contributed by atoms with Crippen molar-refractivity contribution in [2.45, 2.75) is 83.1 Å².